The number of fused-ring (bicyclic) bond motifs is 1. The SMILES string of the molecule is COc1ncc(-c2nc3c(N4CC(C)OC(C)C4)ncnc3s2)cc1NS(=O)(=O)c1ccc(F)cc1F. The van der Waals surface area contributed by atoms with Gasteiger partial charge in [-0.25, -0.2) is 37.1 Å². The van der Waals surface area contributed by atoms with Crippen LogP contribution in [0.2, 0.25) is 0 Å². The Kier molecular flexibility index (Phi) is 6.64. The first-order valence-electron chi connectivity index (χ1n) is 11.2. The summed E-state index contributed by atoms with van der Waals surface area (Å²) in [6, 6.07) is 3.68. The van der Waals surface area contributed by atoms with Crippen LogP contribution in [0.15, 0.2) is 41.7 Å². The van der Waals surface area contributed by atoms with Crippen LogP contribution in [0.5, 0.6) is 5.88 Å². The van der Waals surface area contributed by atoms with Gasteiger partial charge in [0, 0.05) is 30.9 Å². The molecule has 1 aromatic carbocycles. The van der Waals surface area contributed by atoms with Gasteiger partial charge in [-0.15, -0.1) is 0 Å². The van der Waals surface area contributed by atoms with Gasteiger partial charge in [-0.05, 0) is 32.0 Å². The van der Waals surface area contributed by atoms with Crippen LogP contribution in [0.1, 0.15) is 13.8 Å². The van der Waals surface area contributed by atoms with Crippen LogP contribution in [0.3, 0.4) is 0 Å². The summed E-state index contributed by atoms with van der Waals surface area (Å²) >= 11 is 1.29. The van der Waals surface area contributed by atoms with Crippen molar-refractivity contribution in [1.29, 1.82) is 0 Å². The monoisotopic (exact) mass is 548 g/mol. The lowest BCUT2D eigenvalue weighted by molar-refractivity contribution is -0.00538. The van der Waals surface area contributed by atoms with Crippen molar-refractivity contribution in [1.82, 2.24) is 19.9 Å². The summed E-state index contributed by atoms with van der Waals surface area (Å²) < 4.78 is 66.5. The molecule has 0 saturated carbocycles. The van der Waals surface area contributed by atoms with Crippen molar-refractivity contribution in [3.8, 4) is 16.5 Å². The van der Waals surface area contributed by atoms with E-state index in [1.807, 2.05) is 13.8 Å². The summed E-state index contributed by atoms with van der Waals surface area (Å²) in [5.74, 6) is -1.46. The number of thiazole rings is 1. The molecule has 0 bridgehead atoms. The smallest absolute Gasteiger partial charge is 0.264 e. The van der Waals surface area contributed by atoms with Crippen molar-refractivity contribution < 1.29 is 26.7 Å². The number of rotatable bonds is 6. The zero-order valence-electron chi connectivity index (χ0n) is 20.0. The lowest BCUT2D eigenvalue weighted by Gasteiger charge is -2.35. The maximum Gasteiger partial charge on any atom is 0.264 e. The molecular formula is C23H22F2N6O4S2. The Balaban J connectivity index is 1.52. The van der Waals surface area contributed by atoms with Gasteiger partial charge in [-0.3, -0.25) is 4.72 Å². The van der Waals surface area contributed by atoms with E-state index in [2.05, 4.69) is 24.6 Å². The number of sulfonamides is 1. The van der Waals surface area contributed by atoms with E-state index < -0.39 is 26.6 Å². The van der Waals surface area contributed by atoms with Crippen LogP contribution < -0.4 is 14.4 Å². The standard InChI is InChI=1S/C23H22F2N6O4S2/c1-12-9-31(10-13(2)35-12)20-19-23(28-11-27-20)36-22(29-19)14-6-17(21(34-3)26-8-14)30-37(32,33)18-5-4-15(24)7-16(18)25/h4-8,11-13,30H,9-10H2,1-3H3. The molecule has 1 saturated heterocycles. The quantitative estimate of drug-likeness (QED) is 0.383. The van der Waals surface area contributed by atoms with E-state index >= 15 is 0 Å². The Morgan fingerprint density at radius 2 is 1.89 bits per heavy atom. The summed E-state index contributed by atoms with van der Waals surface area (Å²) in [5.41, 5.74) is 1.05. The predicted molar refractivity (Wildman–Crippen MR) is 134 cm³/mol. The number of aromatic nitrogens is 4. The molecular weight excluding hydrogens is 526 g/mol. The van der Waals surface area contributed by atoms with Crippen molar-refractivity contribution in [2.24, 2.45) is 0 Å². The molecule has 1 N–H and O–H groups in total. The Hall–Kier alpha value is -3.49. The first kappa shape index (κ1) is 25.2. The molecule has 0 amide bonds. The van der Waals surface area contributed by atoms with Gasteiger partial charge in [0.1, 0.15) is 43.9 Å². The zero-order chi connectivity index (χ0) is 26.3. The molecule has 5 rings (SSSR count). The van der Waals surface area contributed by atoms with Gasteiger partial charge in [0.15, 0.2) is 5.82 Å². The van der Waals surface area contributed by atoms with Crippen LogP contribution in [-0.4, -0.2) is 60.8 Å². The number of nitrogens with one attached hydrogen (secondary N) is 1. The van der Waals surface area contributed by atoms with Gasteiger partial charge in [-0.1, -0.05) is 11.3 Å². The molecule has 4 aromatic rings. The number of methoxy groups -OCH3 is 1. The number of ether oxygens (including phenoxy) is 2. The molecule has 1 aliphatic heterocycles. The molecule has 2 atom stereocenters. The topological polar surface area (TPSA) is 119 Å². The number of nitrogens with zero attached hydrogens (tertiary/aromatic N) is 5. The highest BCUT2D eigenvalue weighted by Crippen LogP contribution is 2.36. The fraction of sp³-hybridized carbons (Fsp3) is 0.304. The summed E-state index contributed by atoms with van der Waals surface area (Å²) in [6.45, 7) is 5.30. The van der Waals surface area contributed by atoms with Crippen LogP contribution in [0.25, 0.3) is 20.9 Å². The first-order chi connectivity index (χ1) is 17.6. The molecule has 3 aromatic heterocycles. The van der Waals surface area contributed by atoms with Gasteiger partial charge < -0.3 is 14.4 Å². The van der Waals surface area contributed by atoms with Crippen molar-refractivity contribution in [2.75, 3.05) is 29.8 Å². The summed E-state index contributed by atoms with van der Waals surface area (Å²) in [4.78, 5) is 19.8. The fourth-order valence-electron chi connectivity index (χ4n) is 4.15. The summed E-state index contributed by atoms with van der Waals surface area (Å²) in [5, 5.41) is 0.523. The third-order valence-corrected chi connectivity index (χ3v) is 8.03. The summed E-state index contributed by atoms with van der Waals surface area (Å²) in [6.07, 6.45) is 3.02. The van der Waals surface area contributed by atoms with Gasteiger partial charge in [0.25, 0.3) is 10.0 Å². The third-order valence-electron chi connectivity index (χ3n) is 5.61. The van der Waals surface area contributed by atoms with Gasteiger partial charge >= 0.3 is 0 Å². The number of anilines is 2. The maximum absolute atomic E-state index is 14.2. The number of hydrogen-bond donors (Lipinski definition) is 1. The molecule has 0 spiro atoms. The number of hydrogen-bond acceptors (Lipinski definition) is 10. The highest BCUT2D eigenvalue weighted by molar-refractivity contribution is 7.92. The number of pyridine rings is 1. The van der Waals surface area contributed by atoms with Crippen LogP contribution >= 0.6 is 11.3 Å². The summed E-state index contributed by atoms with van der Waals surface area (Å²) in [7, 11) is -3.10. The molecule has 4 heterocycles. The zero-order valence-corrected chi connectivity index (χ0v) is 21.6. The number of benzene rings is 1. The molecule has 1 aliphatic rings. The number of halogens is 2. The second-order valence-corrected chi connectivity index (χ2v) is 11.1. The van der Waals surface area contributed by atoms with Crippen molar-refractivity contribution >= 4 is 43.2 Å². The molecule has 2 unspecified atom stereocenters. The van der Waals surface area contributed by atoms with E-state index in [4.69, 9.17) is 14.5 Å². The maximum atomic E-state index is 14.2. The molecule has 37 heavy (non-hydrogen) atoms. The Morgan fingerprint density at radius 3 is 2.59 bits per heavy atom. The minimum absolute atomic E-state index is 0.0270. The van der Waals surface area contributed by atoms with E-state index in [0.29, 0.717) is 45.9 Å². The average molecular weight is 549 g/mol. The van der Waals surface area contributed by atoms with Gasteiger partial charge in [-0.2, -0.15) is 0 Å². The van der Waals surface area contributed by atoms with E-state index in [0.717, 1.165) is 12.1 Å². The highest BCUT2D eigenvalue weighted by Gasteiger charge is 2.27. The molecule has 0 aliphatic carbocycles. The largest absolute Gasteiger partial charge is 0.480 e. The van der Waals surface area contributed by atoms with Crippen molar-refractivity contribution in [2.45, 2.75) is 31.0 Å². The van der Waals surface area contributed by atoms with Crippen LogP contribution in [0.4, 0.5) is 20.3 Å². The van der Waals surface area contributed by atoms with E-state index in [1.165, 1.54) is 37.0 Å². The minimum Gasteiger partial charge on any atom is -0.480 e. The predicted octanol–water partition coefficient (Wildman–Crippen LogP) is 3.85. The van der Waals surface area contributed by atoms with E-state index in [9.17, 15) is 17.2 Å². The lowest BCUT2D eigenvalue weighted by Crippen LogP contribution is -2.46. The normalized spacial score (nSPS) is 18.2. The Morgan fingerprint density at radius 1 is 1.14 bits per heavy atom. The van der Waals surface area contributed by atoms with E-state index in [1.54, 1.807) is 0 Å². The van der Waals surface area contributed by atoms with E-state index in [-0.39, 0.29) is 23.8 Å². The van der Waals surface area contributed by atoms with Crippen molar-refractivity contribution in [3.63, 3.8) is 0 Å². The second-order valence-electron chi connectivity index (χ2n) is 8.49. The third kappa shape index (κ3) is 5.04. The van der Waals surface area contributed by atoms with Crippen LogP contribution in [0, 0.1) is 11.6 Å². The fourth-order valence-corrected chi connectivity index (χ4v) is 6.14. The molecule has 0 radical (unpaired) electrons. The minimum atomic E-state index is -4.42. The molecule has 1 fully saturated rings. The van der Waals surface area contributed by atoms with Gasteiger partial charge in [0.05, 0.1) is 19.3 Å². The highest BCUT2D eigenvalue weighted by atomic mass is 32.2. The lowest BCUT2D eigenvalue weighted by atomic mass is 10.2. The molecule has 10 nitrogen and oxygen atoms in total. The average Bonchev–Trinajstić information content (AvgIpc) is 3.27. The van der Waals surface area contributed by atoms with Crippen LogP contribution in [-0.2, 0) is 14.8 Å². The van der Waals surface area contributed by atoms with Gasteiger partial charge in [0.2, 0.25) is 5.88 Å². The Labute approximate surface area is 215 Å². The molecule has 194 valence electrons. The first-order valence-corrected chi connectivity index (χ1v) is 13.5. The number of morpholine rings is 1. The Bertz CT molecular complexity index is 1570. The van der Waals surface area contributed by atoms with Crippen molar-refractivity contribution in [3.05, 3.63) is 48.4 Å². The second kappa shape index (κ2) is 9.76. The molecule has 14 heteroatoms.